The van der Waals surface area contributed by atoms with Crippen LogP contribution in [0.2, 0.25) is 0 Å². The number of carbonyl (C=O) groups excluding carboxylic acids is 2. The number of ether oxygens (including phenoxy) is 2. The van der Waals surface area contributed by atoms with Crippen LogP contribution in [0, 0.1) is 18.6 Å². The van der Waals surface area contributed by atoms with Gasteiger partial charge in [0.2, 0.25) is 0 Å². The van der Waals surface area contributed by atoms with E-state index < -0.39 is 35.8 Å². The van der Waals surface area contributed by atoms with Crippen LogP contribution in [-0.2, 0) is 15.9 Å². The van der Waals surface area contributed by atoms with Crippen molar-refractivity contribution in [3.8, 4) is 0 Å². The first-order valence-corrected chi connectivity index (χ1v) is 13.2. The van der Waals surface area contributed by atoms with Crippen molar-refractivity contribution in [2.75, 3.05) is 40.0 Å². The van der Waals surface area contributed by atoms with Gasteiger partial charge < -0.3 is 29.9 Å². The maximum absolute atomic E-state index is 13.8. The van der Waals surface area contributed by atoms with E-state index in [-0.39, 0.29) is 43.3 Å². The van der Waals surface area contributed by atoms with Crippen molar-refractivity contribution in [3.05, 3.63) is 70.3 Å². The molecule has 0 aromatic heterocycles. The van der Waals surface area contributed by atoms with Gasteiger partial charge in [0.05, 0.1) is 25.9 Å². The van der Waals surface area contributed by atoms with Gasteiger partial charge in [-0.05, 0) is 67.6 Å². The van der Waals surface area contributed by atoms with Gasteiger partial charge in [0.1, 0.15) is 23.8 Å². The molecule has 216 valence electrons. The summed E-state index contributed by atoms with van der Waals surface area (Å²) in [7, 11) is 1.49. The minimum absolute atomic E-state index is 0.172. The standard InChI is InChI=1S/C29H40F2N2O6/c1-5-7-33(8-6-2)29(37)22-12-19(3)11-21(16-22)28(36)32-25(15-20-13-23(30)17-24(31)14-20)27(35)26(34)18-39-10-9-38-4/h11-14,16-17,25-27,34-35H,5-10,15,18H2,1-4H3,(H,32,36)/t25-,26-,27-/m1/s1. The molecular weight excluding hydrogens is 510 g/mol. The molecule has 0 aliphatic carbocycles. The van der Waals surface area contributed by atoms with Crippen LogP contribution in [0.15, 0.2) is 36.4 Å². The second kappa shape index (κ2) is 16.2. The Bertz CT molecular complexity index is 1060. The van der Waals surface area contributed by atoms with Crippen molar-refractivity contribution in [1.82, 2.24) is 10.2 Å². The zero-order chi connectivity index (χ0) is 28.9. The monoisotopic (exact) mass is 550 g/mol. The zero-order valence-electron chi connectivity index (χ0n) is 23.1. The first-order chi connectivity index (χ1) is 18.6. The molecule has 0 radical (unpaired) electrons. The first-order valence-electron chi connectivity index (χ1n) is 13.2. The highest BCUT2D eigenvalue weighted by atomic mass is 19.1. The minimum Gasteiger partial charge on any atom is -0.388 e. The van der Waals surface area contributed by atoms with Gasteiger partial charge in [0, 0.05) is 37.4 Å². The molecule has 0 fully saturated rings. The number of hydrogen-bond donors (Lipinski definition) is 3. The van der Waals surface area contributed by atoms with Crippen LogP contribution in [-0.4, -0.2) is 85.2 Å². The number of rotatable bonds is 16. The Kier molecular flexibility index (Phi) is 13.5. The summed E-state index contributed by atoms with van der Waals surface area (Å²) in [4.78, 5) is 28.2. The van der Waals surface area contributed by atoms with Gasteiger partial charge in [-0.25, -0.2) is 8.78 Å². The van der Waals surface area contributed by atoms with Crippen molar-refractivity contribution in [3.63, 3.8) is 0 Å². The van der Waals surface area contributed by atoms with Gasteiger partial charge in [-0.2, -0.15) is 0 Å². The smallest absolute Gasteiger partial charge is 0.253 e. The molecule has 0 saturated heterocycles. The SMILES string of the molecule is CCCN(CCC)C(=O)c1cc(C)cc(C(=O)N[C@H](Cc2cc(F)cc(F)c2)[C@@H](O)[C@H](O)COCCOC)c1. The van der Waals surface area contributed by atoms with E-state index >= 15 is 0 Å². The fraction of sp³-hybridized carbons (Fsp3) is 0.517. The summed E-state index contributed by atoms with van der Waals surface area (Å²) in [6.45, 7) is 7.13. The Labute approximate surface area is 228 Å². The number of carbonyl (C=O) groups is 2. The molecule has 10 heteroatoms. The number of aliphatic hydroxyl groups is 2. The van der Waals surface area contributed by atoms with Crippen LogP contribution in [0.5, 0.6) is 0 Å². The molecule has 0 bridgehead atoms. The second-order valence-electron chi connectivity index (χ2n) is 9.57. The molecule has 8 nitrogen and oxygen atoms in total. The lowest BCUT2D eigenvalue weighted by Gasteiger charge is -2.28. The summed E-state index contributed by atoms with van der Waals surface area (Å²) in [5, 5.41) is 24.1. The fourth-order valence-corrected chi connectivity index (χ4v) is 4.28. The largest absolute Gasteiger partial charge is 0.388 e. The molecule has 0 spiro atoms. The molecule has 3 atom stereocenters. The zero-order valence-corrected chi connectivity index (χ0v) is 23.1. The lowest BCUT2D eigenvalue weighted by Crippen LogP contribution is -2.51. The second-order valence-corrected chi connectivity index (χ2v) is 9.57. The van der Waals surface area contributed by atoms with Crippen LogP contribution < -0.4 is 5.32 Å². The number of aliphatic hydroxyl groups excluding tert-OH is 2. The van der Waals surface area contributed by atoms with E-state index in [9.17, 15) is 28.6 Å². The van der Waals surface area contributed by atoms with Crippen LogP contribution in [0.4, 0.5) is 8.78 Å². The summed E-state index contributed by atoms with van der Waals surface area (Å²) in [5.74, 6) is -2.41. The predicted molar refractivity (Wildman–Crippen MR) is 144 cm³/mol. The molecule has 2 aromatic rings. The average molecular weight is 551 g/mol. The van der Waals surface area contributed by atoms with Crippen molar-refractivity contribution in [1.29, 1.82) is 0 Å². The van der Waals surface area contributed by atoms with Crippen molar-refractivity contribution in [2.45, 2.75) is 58.3 Å². The number of methoxy groups -OCH3 is 1. The third-order valence-electron chi connectivity index (χ3n) is 6.08. The summed E-state index contributed by atoms with van der Waals surface area (Å²) >= 11 is 0. The van der Waals surface area contributed by atoms with Crippen molar-refractivity contribution >= 4 is 11.8 Å². The van der Waals surface area contributed by atoms with E-state index in [1.165, 1.54) is 13.2 Å². The first kappa shape index (κ1) is 32.3. The van der Waals surface area contributed by atoms with E-state index in [2.05, 4.69) is 5.32 Å². The third-order valence-corrected chi connectivity index (χ3v) is 6.08. The van der Waals surface area contributed by atoms with E-state index in [1.807, 2.05) is 13.8 Å². The highest BCUT2D eigenvalue weighted by Crippen LogP contribution is 2.17. The fourth-order valence-electron chi connectivity index (χ4n) is 4.28. The van der Waals surface area contributed by atoms with Crippen LogP contribution in [0.25, 0.3) is 0 Å². The van der Waals surface area contributed by atoms with Crippen molar-refractivity contribution in [2.24, 2.45) is 0 Å². The predicted octanol–water partition coefficient (Wildman–Crippen LogP) is 3.26. The normalized spacial score (nSPS) is 13.5. The molecule has 0 unspecified atom stereocenters. The number of nitrogens with one attached hydrogen (secondary N) is 1. The van der Waals surface area contributed by atoms with E-state index in [0.29, 0.717) is 24.2 Å². The summed E-state index contributed by atoms with van der Waals surface area (Å²) in [6, 6.07) is 6.57. The molecule has 2 aromatic carbocycles. The number of benzene rings is 2. The van der Waals surface area contributed by atoms with Gasteiger partial charge in [-0.15, -0.1) is 0 Å². The molecular formula is C29H40F2N2O6. The molecule has 3 N–H and O–H groups in total. The van der Waals surface area contributed by atoms with E-state index in [4.69, 9.17) is 9.47 Å². The topological polar surface area (TPSA) is 108 Å². The Hall–Kier alpha value is -2.92. The highest BCUT2D eigenvalue weighted by Gasteiger charge is 2.29. The Morgan fingerprint density at radius 3 is 2.15 bits per heavy atom. The summed E-state index contributed by atoms with van der Waals surface area (Å²) < 4.78 is 37.9. The molecule has 0 heterocycles. The van der Waals surface area contributed by atoms with Crippen molar-refractivity contribution < 1.29 is 38.1 Å². The third kappa shape index (κ3) is 10.3. The van der Waals surface area contributed by atoms with Crippen LogP contribution in [0.3, 0.4) is 0 Å². The molecule has 2 rings (SSSR count). The maximum Gasteiger partial charge on any atom is 0.253 e. The summed E-state index contributed by atoms with van der Waals surface area (Å²) in [6.07, 6.45) is -1.52. The Morgan fingerprint density at radius 1 is 0.949 bits per heavy atom. The Balaban J connectivity index is 2.31. The lowest BCUT2D eigenvalue weighted by atomic mass is 9.96. The average Bonchev–Trinajstić information content (AvgIpc) is 2.88. The maximum atomic E-state index is 13.8. The van der Waals surface area contributed by atoms with Gasteiger partial charge in [0.15, 0.2) is 0 Å². The van der Waals surface area contributed by atoms with Gasteiger partial charge in [-0.3, -0.25) is 9.59 Å². The summed E-state index contributed by atoms with van der Waals surface area (Å²) in [5.41, 5.74) is 1.41. The lowest BCUT2D eigenvalue weighted by molar-refractivity contribution is -0.0568. The number of aryl methyl sites for hydroxylation is 1. The number of amides is 2. The molecule has 0 saturated carbocycles. The van der Waals surface area contributed by atoms with E-state index in [1.54, 1.807) is 24.0 Å². The van der Waals surface area contributed by atoms with E-state index in [0.717, 1.165) is 31.0 Å². The van der Waals surface area contributed by atoms with Crippen LogP contribution in [0.1, 0.15) is 58.5 Å². The quantitative estimate of drug-likeness (QED) is 0.277. The number of nitrogens with zero attached hydrogens (tertiary/aromatic N) is 1. The van der Waals surface area contributed by atoms with Gasteiger partial charge >= 0.3 is 0 Å². The highest BCUT2D eigenvalue weighted by molar-refractivity contribution is 6.00. The molecule has 2 amide bonds. The van der Waals surface area contributed by atoms with Crippen LogP contribution >= 0.6 is 0 Å². The van der Waals surface area contributed by atoms with Gasteiger partial charge in [0.25, 0.3) is 11.8 Å². The molecule has 39 heavy (non-hydrogen) atoms. The molecule has 0 aliphatic rings. The Morgan fingerprint density at radius 2 is 1.56 bits per heavy atom. The minimum atomic E-state index is -1.53. The molecule has 0 aliphatic heterocycles. The number of halogens is 2. The number of hydrogen-bond acceptors (Lipinski definition) is 6. The van der Waals surface area contributed by atoms with Gasteiger partial charge in [-0.1, -0.05) is 13.8 Å².